The van der Waals surface area contributed by atoms with E-state index in [0.29, 0.717) is 31.2 Å². The number of ketones is 1. The van der Waals surface area contributed by atoms with E-state index < -0.39 is 5.60 Å². The first-order valence-corrected chi connectivity index (χ1v) is 10.6. The van der Waals surface area contributed by atoms with E-state index in [-0.39, 0.29) is 17.8 Å². The lowest BCUT2D eigenvalue weighted by Crippen LogP contribution is -2.35. The number of para-hydroxylation sites is 1. The average Bonchev–Trinajstić information content (AvgIpc) is 3.03. The lowest BCUT2D eigenvalue weighted by atomic mass is 9.85. The third-order valence-corrected chi connectivity index (χ3v) is 5.85. The van der Waals surface area contributed by atoms with Gasteiger partial charge in [-0.3, -0.25) is 4.79 Å². The van der Waals surface area contributed by atoms with Gasteiger partial charge in [-0.05, 0) is 57.2 Å². The second-order valence-electron chi connectivity index (χ2n) is 9.25. The molecule has 0 unspecified atom stereocenters. The summed E-state index contributed by atoms with van der Waals surface area (Å²) in [6.07, 6.45) is 0.648. The van der Waals surface area contributed by atoms with E-state index in [1.165, 1.54) is 0 Å². The number of fused-ring (bicyclic) bond motifs is 3. The van der Waals surface area contributed by atoms with Crippen LogP contribution in [0.15, 0.2) is 42.5 Å². The fourth-order valence-electron chi connectivity index (χ4n) is 4.45. The minimum atomic E-state index is -0.502. The first-order valence-electron chi connectivity index (χ1n) is 10.6. The molecule has 158 valence electrons. The van der Waals surface area contributed by atoms with Crippen molar-refractivity contribution in [2.24, 2.45) is 5.92 Å². The molecule has 1 amide bonds. The summed E-state index contributed by atoms with van der Waals surface area (Å²) in [5.74, 6) is 1.48. The molecule has 0 saturated carbocycles. The monoisotopic (exact) mass is 407 g/mol. The second-order valence-corrected chi connectivity index (χ2v) is 9.25. The number of rotatable bonds is 2. The summed E-state index contributed by atoms with van der Waals surface area (Å²) >= 11 is 0. The van der Waals surface area contributed by atoms with Crippen molar-refractivity contribution in [3.8, 4) is 16.9 Å². The highest BCUT2D eigenvalue weighted by Gasteiger charge is 2.40. The maximum atomic E-state index is 12.6. The van der Waals surface area contributed by atoms with Gasteiger partial charge >= 0.3 is 6.09 Å². The van der Waals surface area contributed by atoms with Crippen LogP contribution in [-0.2, 0) is 4.74 Å². The smallest absolute Gasteiger partial charge is 0.410 e. The molecule has 2 aliphatic heterocycles. The summed E-state index contributed by atoms with van der Waals surface area (Å²) in [6, 6.07) is 13.9. The van der Waals surface area contributed by atoms with Crippen molar-refractivity contribution < 1.29 is 19.1 Å². The van der Waals surface area contributed by atoms with E-state index in [1.54, 1.807) is 6.92 Å². The Bertz CT molecular complexity index is 975. The lowest BCUT2D eigenvalue weighted by Gasteiger charge is -2.25. The lowest BCUT2D eigenvalue weighted by molar-refractivity contribution is 0.0284. The Morgan fingerprint density at radius 3 is 2.60 bits per heavy atom. The molecule has 1 fully saturated rings. The summed E-state index contributed by atoms with van der Waals surface area (Å²) in [4.78, 5) is 26.3. The molecule has 2 aliphatic rings. The van der Waals surface area contributed by atoms with Crippen LogP contribution in [0.1, 0.15) is 56.0 Å². The van der Waals surface area contributed by atoms with Gasteiger partial charge in [0, 0.05) is 30.1 Å². The predicted octanol–water partition coefficient (Wildman–Crippen LogP) is 5.29. The zero-order valence-corrected chi connectivity index (χ0v) is 18.1. The zero-order chi connectivity index (χ0) is 21.5. The van der Waals surface area contributed by atoms with Crippen molar-refractivity contribution in [3.63, 3.8) is 0 Å². The third-order valence-electron chi connectivity index (χ3n) is 5.85. The highest BCUT2D eigenvalue weighted by molar-refractivity contribution is 5.95. The van der Waals surface area contributed by atoms with Gasteiger partial charge in [0.25, 0.3) is 0 Å². The summed E-state index contributed by atoms with van der Waals surface area (Å²) in [5, 5.41) is 0. The van der Waals surface area contributed by atoms with Gasteiger partial charge in [-0.15, -0.1) is 0 Å². The maximum Gasteiger partial charge on any atom is 0.410 e. The van der Waals surface area contributed by atoms with Crippen LogP contribution in [0, 0.1) is 5.92 Å². The first-order chi connectivity index (χ1) is 14.2. The molecule has 1 saturated heterocycles. The van der Waals surface area contributed by atoms with E-state index in [1.807, 2.05) is 62.1 Å². The molecule has 4 rings (SSSR count). The number of carbonyl (C=O) groups excluding carboxylic acids is 2. The number of hydrogen-bond donors (Lipinski definition) is 0. The molecule has 0 radical (unpaired) electrons. The van der Waals surface area contributed by atoms with E-state index in [9.17, 15) is 9.59 Å². The summed E-state index contributed by atoms with van der Waals surface area (Å²) in [5.41, 5.74) is 3.28. The highest BCUT2D eigenvalue weighted by atomic mass is 16.6. The fourth-order valence-corrected chi connectivity index (χ4v) is 4.45. The van der Waals surface area contributed by atoms with Gasteiger partial charge < -0.3 is 14.4 Å². The first kappa shape index (κ1) is 20.5. The molecule has 2 heterocycles. The number of ether oxygens (including phenoxy) is 2. The van der Waals surface area contributed by atoms with Crippen LogP contribution in [0.4, 0.5) is 4.79 Å². The van der Waals surface area contributed by atoms with E-state index in [0.717, 1.165) is 28.9 Å². The van der Waals surface area contributed by atoms with Crippen molar-refractivity contribution in [2.45, 2.75) is 45.6 Å². The minimum Gasteiger partial charge on any atom is -0.493 e. The molecular weight excluding hydrogens is 378 g/mol. The van der Waals surface area contributed by atoms with Gasteiger partial charge in [0.15, 0.2) is 5.78 Å². The molecular formula is C25H29NO4. The Balaban J connectivity index is 1.67. The highest BCUT2D eigenvalue weighted by Crippen LogP contribution is 2.45. The van der Waals surface area contributed by atoms with Gasteiger partial charge in [0.2, 0.25) is 0 Å². The van der Waals surface area contributed by atoms with Gasteiger partial charge in [0.05, 0.1) is 6.61 Å². The Labute approximate surface area is 178 Å². The predicted molar refractivity (Wildman–Crippen MR) is 116 cm³/mol. The molecule has 0 bridgehead atoms. The van der Waals surface area contributed by atoms with E-state index in [4.69, 9.17) is 9.47 Å². The molecule has 2 aromatic carbocycles. The number of benzene rings is 2. The number of carbonyl (C=O) groups is 2. The molecule has 0 aromatic heterocycles. The maximum absolute atomic E-state index is 12.6. The van der Waals surface area contributed by atoms with Crippen LogP contribution >= 0.6 is 0 Å². The number of Topliss-reactive ketones (excluding diaryl/α,β-unsaturated/α-hetero) is 1. The van der Waals surface area contributed by atoms with Crippen LogP contribution in [0.2, 0.25) is 0 Å². The second kappa shape index (κ2) is 7.78. The fraction of sp³-hybridized carbons (Fsp3) is 0.440. The van der Waals surface area contributed by atoms with Crippen molar-refractivity contribution >= 4 is 11.9 Å². The normalized spacial score (nSPS) is 20.6. The molecule has 2 atom stereocenters. The van der Waals surface area contributed by atoms with Crippen LogP contribution < -0.4 is 4.74 Å². The number of amides is 1. The Hall–Kier alpha value is -2.82. The van der Waals surface area contributed by atoms with Crippen molar-refractivity contribution in [1.29, 1.82) is 0 Å². The van der Waals surface area contributed by atoms with Crippen LogP contribution in [-0.4, -0.2) is 42.1 Å². The largest absolute Gasteiger partial charge is 0.493 e. The Morgan fingerprint density at radius 1 is 1.10 bits per heavy atom. The molecule has 0 aliphatic carbocycles. The number of nitrogens with zero attached hydrogens (tertiary/aromatic N) is 1. The van der Waals surface area contributed by atoms with Crippen molar-refractivity contribution in [1.82, 2.24) is 4.90 Å². The van der Waals surface area contributed by atoms with Crippen LogP contribution in [0.5, 0.6) is 5.75 Å². The summed E-state index contributed by atoms with van der Waals surface area (Å²) < 4.78 is 11.8. The van der Waals surface area contributed by atoms with E-state index >= 15 is 0 Å². The van der Waals surface area contributed by atoms with Crippen LogP contribution in [0.3, 0.4) is 0 Å². The zero-order valence-electron chi connectivity index (χ0n) is 18.1. The van der Waals surface area contributed by atoms with Crippen LogP contribution in [0.25, 0.3) is 11.1 Å². The van der Waals surface area contributed by atoms with Crippen molar-refractivity contribution in [3.05, 3.63) is 53.6 Å². The Kier molecular flexibility index (Phi) is 5.31. The van der Waals surface area contributed by atoms with Crippen molar-refractivity contribution in [2.75, 3.05) is 19.7 Å². The minimum absolute atomic E-state index is 0.0450. The molecule has 2 aromatic rings. The topological polar surface area (TPSA) is 55.8 Å². The van der Waals surface area contributed by atoms with Gasteiger partial charge in [-0.25, -0.2) is 4.79 Å². The molecule has 30 heavy (non-hydrogen) atoms. The summed E-state index contributed by atoms with van der Waals surface area (Å²) in [7, 11) is 0. The van der Waals surface area contributed by atoms with E-state index in [2.05, 4.69) is 6.07 Å². The van der Waals surface area contributed by atoms with Gasteiger partial charge in [0.1, 0.15) is 11.4 Å². The summed E-state index contributed by atoms with van der Waals surface area (Å²) in [6.45, 7) is 9.19. The SMILES string of the molecule is CC(=O)c1cccc(-c2cccc3c2OCC[C@H]2CN(C(=O)OC(C)(C)C)C[C@H]32)c1. The quantitative estimate of drug-likeness (QED) is 0.635. The molecule has 5 heteroatoms. The standard InChI is InChI=1S/C25H29NO4/c1-16(27)17-7-5-8-18(13-17)20-9-6-10-21-22-15-26(24(28)30-25(2,3)4)14-19(22)11-12-29-23(20)21/h5-10,13,19,22H,11-12,14-15H2,1-4H3/t19-,22-/m0/s1. The molecule has 0 spiro atoms. The molecule has 0 N–H and O–H groups in total. The van der Waals surface area contributed by atoms with Gasteiger partial charge in [-0.2, -0.15) is 0 Å². The van der Waals surface area contributed by atoms with Gasteiger partial charge in [-0.1, -0.05) is 36.4 Å². The molecule has 5 nitrogen and oxygen atoms in total. The third kappa shape index (κ3) is 4.07. The number of likely N-dealkylation sites (tertiary alicyclic amines) is 1. The Morgan fingerprint density at radius 2 is 1.87 bits per heavy atom. The average molecular weight is 408 g/mol. The number of hydrogen-bond acceptors (Lipinski definition) is 4.